The molecular weight excluding hydrogens is 268 g/mol. The summed E-state index contributed by atoms with van der Waals surface area (Å²) in [6, 6.07) is 7.54. The minimum atomic E-state index is -0.113. The summed E-state index contributed by atoms with van der Waals surface area (Å²) >= 11 is 1.87. The van der Waals surface area contributed by atoms with Gasteiger partial charge in [0.1, 0.15) is 0 Å². The first-order chi connectivity index (χ1) is 9.74. The summed E-state index contributed by atoms with van der Waals surface area (Å²) < 4.78 is 0. The lowest BCUT2D eigenvalue weighted by Gasteiger charge is -2.40. The first-order valence-electron chi connectivity index (χ1n) is 7.65. The molecule has 2 heterocycles. The standard InChI is InChI=1S/C16H24N2OS/c1-2-20-16-5-3-4-15(14(16)10-17)18-11-6-7-12(18)9-13(19)8-11/h3-5,11-13,19H,2,6-10,17H2,1H3. The third-order valence-electron chi connectivity index (χ3n) is 4.60. The van der Waals surface area contributed by atoms with Gasteiger partial charge in [-0.05, 0) is 43.6 Å². The number of nitrogens with two attached hydrogens (primary N) is 1. The van der Waals surface area contributed by atoms with E-state index in [0.29, 0.717) is 18.6 Å². The van der Waals surface area contributed by atoms with Crippen LogP contribution in [0.3, 0.4) is 0 Å². The number of aliphatic hydroxyl groups excluding tert-OH is 1. The lowest BCUT2D eigenvalue weighted by molar-refractivity contribution is 0.126. The van der Waals surface area contributed by atoms with Crippen LogP contribution in [0.25, 0.3) is 0 Å². The third-order valence-corrected chi connectivity index (χ3v) is 5.58. The Hall–Kier alpha value is -0.710. The summed E-state index contributed by atoms with van der Waals surface area (Å²) in [6.45, 7) is 2.77. The molecule has 20 heavy (non-hydrogen) atoms. The van der Waals surface area contributed by atoms with Crippen LogP contribution >= 0.6 is 11.8 Å². The predicted octanol–water partition coefficient (Wildman–Crippen LogP) is 2.75. The molecule has 2 unspecified atom stereocenters. The van der Waals surface area contributed by atoms with Crippen LogP contribution in [0.1, 0.15) is 38.2 Å². The highest BCUT2D eigenvalue weighted by atomic mass is 32.2. The van der Waals surface area contributed by atoms with Crippen molar-refractivity contribution in [2.24, 2.45) is 5.73 Å². The molecule has 0 aromatic heterocycles. The van der Waals surface area contributed by atoms with Gasteiger partial charge < -0.3 is 15.7 Å². The quantitative estimate of drug-likeness (QED) is 0.838. The maximum Gasteiger partial charge on any atom is 0.0579 e. The Morgan fingerprint density at radius 3 is 2.60 bits per heavy atom. The van der Waals surface area contributed by atoms with Crippen molar-refractivity contribution in [2.45, 2.75) is 62.2 Å². The summed E-state index contributed by atoms with van der Waals surface area (Å²) in [4.78, 5) is 3.87. The molecule has 1 aromatic carbocycles. The van der Waals surface area contributed by atoms with Gasteiger partial charge in [-0.1, -0.05) is 13.0 Å². The monoisotopic (exact) mass is 292 g/mol. The molecule has 2 bridgehead atoms. The maximum absolute atomic E-state index is 9.96. The van der Waals surface area contributed by atoms with E-state index in [2.05, 4.69) is 30.0 Å². The van der Waals surface area contributed by atoms with Crippen molar-refractivity contribution in [3.05, 3.63) is 23.8 Å². The SMILES string of the molecule is CCSc1cccc(N2C3CCC2CC(O)C3)c1CN. The van der Waals surface area contributed by atoms with E-state index in [1.54, 1.807) is 0 Å². The second-order valence-electron chi connectivity index (χ2n) is 5.81. The summed E-state index contributed by atoms with van der Waals surface area (Å²) in [5.41, 5.74) is 8.63. The molecule has 4 heteroatoms. The molecule has 3 rings (SSSR count). The van der Waals surface area contributed by atoms with E-state index in [1.165, 1.54) is 29.0 Å². The van der Waals surface area contributed by atoms with E-state index >= 15 is 0 Å². The van der Waals surface area contributed by atoms with Crippen LogP contribution in [0.15, 0.2) is 23.1 Å². The number of nitrogens with zero attached hydrogens (tertiary/aromatic N) is 1. The van der Waals surface area contributed by atoms with Gasteiger partial charge in [-0.3, -0.25) is 0 Å². The highest BCUT2D eigenvalue weighted by molar-refractivity contribution is 7.99. The number of piperidine rings is 1. The minimum absolute atomic E-state index is 0.113. The van der Waals surface area contributed by atoms with E-state index in [9.17, 15) is 5.11 Å². The van der Waals surface area contributed by atoms with Crippen molar-refractivity contribution >= 4 is 17.4 Å². The zero-order valence-electron chi connectivity index (χ0n) is 12.1. The normalized spacial score (nSPS) is 28.9. The highest BCUT2D eigenvalue weighted by Crippen LogP contribution is 2.42. The van der Waals surface area contributed by atoms with Crippen molar-refractivity contribution in [3.8, 4) is 0 Å². The van der Waals surface area contributed by atoms with Gasteiger partial charge in [0.05, 0.1) is 6.10 Å². The maximum atomic E-state index is 9.96. The zero-order valence-corrected chi connectivity index (χ0v) is 12.9. The number of benzene rings is 1. The molecule has 0 saturated carbocycles. The molecule has 2 saturated heterocycles. The summed E-state index contributed by atoms with van der Waals surface area (Å²) in [5, 5.41) is 9.96. The van der Waals surface area contributed by atoms with Crippen LogP contribution in [-0.4, -0.2) is 29.0 Å². The number of aliphatic hydroxyl groups is 1. The molecule has 0 aliphatic carbocycles. The molecule has 1 aromatic rings. The van der Waals surface area contributed by atoms with Gasteiger partial charge in [-0.2, -0.15) is 0 Å². The van der Waals surface area contributed by atoms with Gasteiger partial charge in [0, 0.05) is 34.8 Å². The van der Waals surface area contributed by atoms with Gasteiger partial charge in [0.25, 0.3) is 0 Å². The van der Waals surface area contributed by atoms with Crippen LogP contribution in [0.5, 0.6) is 0 Å². The molecule has 110 valence electrons. The van der Waals surface area contributed by atoms with Gasteiger partial charge in [-0.25, -0.2) is 0 Å². The van der Waals surface area contributed by atoms with Crippen LogP contribution in [0.4, 0.5) is 5.69 Å². The molecule has 2 aliphatic rings. The van der Waals surface area contributed by atoms with E-state index in [4.69, 9.17) is 5.73 Å². The Morgan fingerprint density at radius 2 is 2.00 bits per heavy atom. The number of fused-ring (bicyclic) bond motifs is 2. The lowest BCUT2D eigenvalue weighted by atomic mass is 9.98. The molecular formula is C16H24N2OS. The average Bonchev–Trinajstić information content (AvgIpc) is 2.71. The Bertz CT molecular complexity index is 466. The predicted molar refractivity (Wildman–Crippen MR) is 85.3 cm³/mol. The van der Waals surface area contributed by atoms with Gasteiger partial charge >= 0.3 is 0 Å². The molecule has 2 atom stereocenters. The average molecular weight is 292 g/mol. The molecule has 2 fully saturated rings. The van der Waals surface area contributed by atoms with Gasteiger partial charge in [0.15, 0.2) is 0 Å². The largest absolute Gasteiger partial charge is 0.393 e. The number of hydrogen-bond donors (Lipinski definition) is 2. The second kappa shape index (κ2) is 5.96. The van der Waals surface area contributed by atoms with E-state index in [-0.39, 0.29) is 6.10 Å². The molecule has 2 aliphatic heterocycles. The van der Waals surface area contributed by atoms with Crippen molar-refractivity contribution in [1.29, 1.82) is 0 Å². The number of rotatable bonds is 4. The van der Waals surface area contributed by atoms with E-state index < -0.39 is 0 Å². The fraction of sp³-hybridized carbons (Fsp3) is 0.625. The molecule has 0 spiro atoms. The fourth-order valence-corrected chi connectivity index (χ4v) is 4.68. The van der Waals surface area contributed by atoms with E-state index in [1.807, 2.05) is 11.8 Å². The van der Waals surface area contributed by atoms with Gasteiger partial charge in [0.2, 0.25) is 0 Å². The van der Waals surface area contributed by atoms with Crippen LogP contribution < -0.4 is 10.6 Å². The first kappa shape index (κ1) is 14.2. The van der Waals surface area contributed by atoms with Crippen molar-refractivity contribution in [2.75, 3.05) is 10.7 Å². The van der Waals surface area contributed by atoms with Crippen LogP contribution in [-0.2, 0) is 6.54 Å². The molecule has 3 N–H and O–H groups in total. The zero-order chi connectivity index (χ0) is 14.1. The molecule has 3 nitrogen and oxygen atoms in total. The molecule has 0 amide bonds. The number of hydrogen-bond acceptors (Lipinski definition) is 4. The summed E-state index contributed by atoms with van der Waals surface area (Å²) in [7, 11) is 0. The first-order valence-corrected chi connectivity index (χ1v) is 8.64. The Kier molecular flexibility index (Phi) is 4.24. The van der Waals surface area contributed by atoms with Gasteiger partial charge in [-0.15, -0.1) is 11.8 Å². The summed E-state index contributed by atoms with van der Waals surface area (Å²) in [6.07, 6.45) is 4.11. The highest BCUT2D eigenvalue weighted by Gasteiger charge is 2.40. The Labute approximate surface area is 125 Å². The third kappa shape index (κ3) is 2.45. The van der Waals surface area contributed by atoms with Crippen molar-refractivity contribution < 1.29 is 5.11 Å². The van der Waals surface area contributed by atoms with Crippen LogP contribution in [0, 0.1) is 0 Å². The smallest absolute Gasteiger partial charge is 0.0579 e. The number of anilines is 1. The Morgan fingerprint density at radius 1 is 1.30 bits per heavy atom. The van der Waals surface area contributed by atoms with E-state index in [0.717, 1.165) is 18.6 Å². The fourth-order valence-electron chi connectivity index (χ4n) is 3.83. The van der Waals surface area contributed by atoms with Crippen LogP contribution in [0.2, 0.25) is 0 Å². The second-order valence-corrected chi connectivity index (χ2v) is 7.11. The topological polar surface area (TPSA) is 49.5 Å². The van der Waals surface area contributed by atoms with Crippen molar-refractivity contribution in [3.63, 3.8) is 0 Å². The van der Waals surface area contributed by atoms with Crippen molar-refractivity contribution in [1.82, 2.24) is 0 Å². The Balaban J connectivity index is 1.96. The number of thioether (sulfide) groups is 1. The minimum Gasteiger partial charge on any atom is -0.393 e. The summed E-state index contributed by atoms with van der Waals surface area (Å²) in [5.74, 6) is 1.07. The molecule has 0 radical (unpaired) electrons. The lowest BCUT2D eigenvalue weighted by Crippen LogP contribution is -2.45.